The van der Waals surface area contributed by atoms with Gasteiger partial charge in [0.2, 0.25) is 0 Å². The molecular weight excluding hydrogens is 185 g/mol. The molecule has 0 aromatic heterocycles. The molecule has 0 atom stereocenters. The van der Waals surface area contributed by atoms with E-state index in [1.165, 1.54) is 4.90 Å². The van der Waals surface area contributed by atoms with Crippen LogP contribution < -0.4 is 0 Å². The Kier molecular flexibility index (Phi) is 2.30. The summed E-state index contributed by atoms with van der Waals surface area (Å²) in [5.41, 5.74) is 1.97. The van der Waals surface area contributed by atoms with Gasteiger partial charge < -0.3 is 0 Å². The first-order chi connectivity index (χ1) is 6.22. The van der Waals surface area contributed by atoms with Gasteiger partial charge in [-0.05, 0) is 42.1 Å². The van der Waals surface area contributed by atoms with Crippen LogP contribution in [-0.4, -0.2) is 10.8 Å². The topological polar surface area (TPSA) is 3.24 Å². The Morgan fingerprint density at radius 2 is 2.31 bits per heavy atom. The van der Waals surface area contributed by atoms with Crippen molar-refractivity contribution in [3.05, 3.63) is 29.1 Å². The van der Waals surface area contributed by atoms with Crippen LogP contribution in [0.1, 0.15) is 18.1 Å². The number of benzene rings is 1. The molecule has 1 aliphatic rings. The van der Waals surface area contributed by atoms with Crippen LogP contribution in [0.3, 0.4) is 0 Å². The van der Waals surface area contributed by atoms with E-state index in [1.54, 1.807) is 18.0 Å². The first kappa shape index (κ1) is 9.03. The zero-order valence-electron chi connectivity index (χ0n) is 7.80. The van der Waals surface area contributed by atoms with E-state index in [9.17, 15) is 4.39 Å². The van der Waals surface area contributed by atoms with E-state index in [1.807, 2.05) is 13.0 Å². The minimum atomic E-state index is -0.0858. The Balaban J connectivity index is 2.40. The molecule has 3 heteroatoms. The molecule has 0 fully saturated rings. The van der Waals surface area contributed by atoms with Crippen LogP contribution in [0.15, 0.2) is 17.0 Å². The van der Waals surface area contributed by atoms with Crippen molar-refractivity contribution >= 4 is 11.9 Å². The van der Waals surface area contributed by atoms with Crippen LogP contribution in [-0.2, 0) is 6.54 Å². The normalized spacial score (nSPS) is 16.2. The number of hydrogen-bond donors (Lipinski definition) is 0. The third kappa shape index (κ3) is 1.46. The third-order valence-corrected chi connectivity index (χ3v) is 3.63. The second-order valence-corrected chi connectivity index (χ2v) is 4.34. The number of fused-ring (bicyclic) bond motifs is 1. The monoisotopic (exact) mass is 197 g/mol. The van der Waals surface area contributed by atoms with Crippen molar-refractivity contribution in [3.8, 4) is 0 Å². The van der Waals surface area contributed by atoms with E-state index in [-0.39, 0.29) is 5.82 Å². The third-order valence-electron chi connectivity index (χ3n) is 2.40. The lowest BCUT2D eigenvalue weighted by molar-refractivity contribution is 0.502. The first-order valence-corrected chi connectivity index (χ1v) is 5.20. The van der Waals surface area contributed by atoms with Gasteiger partial charge in [-0.3, -0.25) is 0 Å². The number of nitrogens with zero attached hydrogens (tertiary/aromatic N) is 1. The minimum absolute atomic E-state index is 0.0858. The van der Waals surface area contributed by atoms with E-state index >= 15 is 0 Å². The van der Waals surface area contributed by atoms with E-state index in [0.717, 1.165) is 24.2 Å². The average Bonchev–Trinajstić information content (AvgIpc) is 2.55. The van der Waals surface area contributed by atoms with Crippen molar-refractivity contribution in [3.63, 3.8) is 0 Å². The maximum atomic E-state index is 13.2. The van der Waals surface area contributed by atoms with Gasteiger partial charge in [-0.15, -0.1) is 0 Å². The van der Waals surface area contributed by atoms with Crippen LogP contribution in [0.4, 0.5) is 4.39 Å². The van der Waals surface area contributed by atoms with Gasteiger partial charge in [0.25, 0.3) is 0 Å². The van der Waals surface area contributed by atoms with Gasteiger partial charge in [0, 0.05) is 18.0 Å². The number of rotatable bonds is 1. The molecule has 13 heavy (non-hydrogen) atoms. The molecule has 1 aromatic rings. The van der Waals surface area contributed by atoms with E-state index in [2.05, 4.69) is 11.2 Å². The van der Waals surface area contributed by atoms with Gasteiger partial charge in [-0.2, -0.15) is 0 Å². The van der Waals surface area contributed by atoms with Gasteiger partial charge in [0.1, 0.15) is 5.82 Å². The van der Waals surface area contributed by atoms with Crippen molar-refractivity contribution in [2.45, 2.75) is 25.3 Å². The second kappa shape index (κ2) is 3.31. The molecule has 0 bridgehead atoms. The molecule has 0 aliphatic carbocycles. The van der Waals surface area contributed by atoms with Crippen LogP contribution in [0.5, 0.6) is 0 Å². The molecule has 0 spiro atoms. The fourth-order valence-electron chi connectivity index (χ4n) is 1.51. The predicted octanol–water partition coefficient (Wildman–Crippen LogP) is 2.98. The van der Waals surface area contributed by atoms with Crippen molar-refractivity contribution < 1.29 is 4.39 Å². The Hall–Kier alpha value is -0.540. The lowest BCUT2D eigenvalue weighted by Crippen LogP contribution is -2.08. The minimum Gasteiger partial charge on any atom is -0.242 e. The van der Waals surface area contributed by atoms with Gasteiger partial charge >= 0.3 is 0 Å². The predicted molar refractivity (Wildman–Crippen MR) is 53.1 cm³/mol. The zero-order chi connectivity index (χ0) is 9.42. The second-order valence-electron chi connectivity index (χ2n) is 3.20. The van der Waals surface area contributed by atoms with E-state index in [0.29, 0.717) is 0 Å². The van der Waals surface area contributed by atoms with Crippen LogP contribution in [0.25, 0.3) is 0 Å². The molecule has 1 aliphatic heterocycles. The quantitative estimate of drug-likeness (QED) is 0.637. The maximum Gasteiger partial charge on any atom is 0.126 e. The average molecular weight is 197 g/mol. The van der Waals surface area contributed by atoms with E-state index < -0.39 is 0 Å². The summed E-state index contributed by atoms with van der Waals surface area (Å²) in [7, 11) is 0. The number of hydrogen-bond acceptors (Lipinski definition) is 2. The van der Waals surface area contributed by atoms with E-state index in [4.69, 9.17) is 0 Å². The molecule has 2 rings (SSSR count). The Labute approximate surface area is 82.1 Å². The van der Waals surface area contributed by atoms with Crippen molar-refractivity contribution in [2.24, 2.45) is 0 Å². The molecule has 70 valence electrons. The summed E-state index contributed by atoms with van der Waals surface area (Å²) in [5.74, 6) is -0.0858. The Morgan fingerprint density at radius 1 is 1.54 bits per heavy atom. The molecule has 0 saturated carbocycles. The molecule has 0 N–H and O–H groups in total. The highest BCUT2D eigenvalue weighted by molar-refractivity contribution is 7.97. The van der Waals surface area contributed by atoms with Crippen molar-refractivity contribution in [1.82, 2.24) is 4.31 Å². The van der Waals surface area contributed by atoms with Crippen LogP contribution in [0, 0.1) is 12.7 Å². The lowest BCUT2D eigenvalue weighted by Gasteiger charge is -2.08. The lowest BCUT2D eigenvalue weighted by atomic mass is 10.1. The first-order valence-electron chi connectivity index (χ1n) is 4.43. The molecular formula is C10H12FNS. The van der Waals surface area contributed by atoms with Gasteiger partial charge in [-0.1, -0.05) is 6.92 Å². The molecule has 0 radical (unpaired) electrons. The molecule has 0 saturated heterocycles. The van der Waals surface area contributed by atoms with Crippen LogP contribution in [0.2, 0.25) is 0 Å². The van der Waals surface area contributed by atoms with Crippen molar-refractivity contribution in [2.75, 3.05) is 6.54 Å². The summed E-state index contributed by atoms with van der Waals surface area (Å²) in [4.78, 5) is 1.21. The molecule has 1 heterocycles. The zero-order valence-corrected chi connectivity index (χ0v) is 8.62. The summed E-state index contributed by atoms with van der Waals surface area (Å²) in [5, 5.41) is 0. The summed E-state index contributed by atoms with van der Waals surface area (Å²) in [6, 6.07) is 3.43. The Bertz CT molecular complexity index is 338. The standard InChI is InChI=1S/C10H12FNS/c1-3-12-6-8-7(2)9(11)4-5-10(8)13-12/h4-5H,3,6H2,1-2H3. The smallest absolute Gasteiger partial charge is 0.126 e. The molecule has 1 nitrogen and oxygen atoms in total. The molecule has 0 amide bonds. The highest BCUT2D eigenvalue weighted by atomic mass is 32.2. The fourth-order valence-corrected chi connectivity index (χ4v) is 2.57. The number of halogens is 1. The fraction of sp³-hybridized carbons (Fsp3) is 0.400. The highest BCUT2D eigenvalue weighted by Crippen LogP contribution is 2.37. The molecule has 1 aromatic carbocycles. The van der Waals surface area contributed by atoms with Gasteiger partial charge in [-0.25, -0.2) is 8.70 Å². The largest absolute Gasteiger partial charge is 0.242 e. The summed E-state index contributed by atoms with van der Waals surface area (Å²) in [6.45, 7) is 5.85. The summed E-state index contributed by atoms with van der Waals surface area (Å²) < 4.78 is 15.4. The van der Waals surface area contributed by atoms with Crippen molar-refractivity contribution in [1.29, 1.82) is 0 Å². The summed E-state index contributed by atoms with van der Waals surface area (Å²) >= 11 is 1.73. The van der Waals surface area contributed by atoms with Gasteiger partial charge in [0.05, 0.1) is 0 Å². The Morgan fingerprint density at radius 3 is 3.00 bits per heavy atom. The summed E-state index contributed by atoms with van der Waals surface area (Å²) in [6.07, 6.45) is 0. The van der Waals surface area contributed by atoms with Gasteiger partial charge in [0.15, 0.2) is 0 Å². The maximum absolute atomic E-state index is 13.2. The highest BCUT2D eigenvalue weighted by Gasteiger charge is 2.21. The molecule has 0 unspecified atom stereocenters. The SMILES string of the molecule is CCN1Cc2c(ccc(F)c2C)S1. The van der Waals surface area contributed by atoms with Crippen LogP contribution >= 0.6 is 11.9 Å².